The van der Waals surface area contributed by atoms with E-state index in [4.69, 9.17) is 4.74 Å². The molecule has 3 aromatic carbocycles. The largest absolute Gasteiger partial charge is 0.425 e. The molecule has 0 aliphatic rings. The van der Waals surface area contributed by atoms with Crippen LogP contribution in [-0.4, -0.2) is 5.97 Å². The molecule has 2 nitrogen and oxygen atoms in total. The summed E-state index contributed by atoms with van der Waals surface area (Å²) in [5, 5.41) is 4.17. The first kappa shape index (κ1) is 14.6. The monoisotopic (exact) mass is 292 g/mol. The van der Waals surface area contributed by atoms with Crippen molar-refractivity contribution >= 4 is 27.5 Å². The van der Waals surface area contributed by atoms with Gasteiger partial charge in [0.25, 0.3) is 0 Å². The molecule has 0 spiro atoms. The number of ether oxygens (including phenoxy) is 1. The Morgan fingerprint density at radius 1 is 0.909 bits per heavy atom. The summed E-state index contributed by atoms with van der Waals surface area (Å²) in [5.74, 6) is 0.546. The van der Waals surface area contributed by atoms with Crippen molar-refractivity contribution in [3.8, 4) is 5.75 Å². The molecule has 0 aliphatic heterocycles. The van der Waals surface area contributed by atoms with Gasteiger partial charge < -0.3 is 4.74 Å². The molecule has 0 aromatic heterocycles. The second-order valence-corrected chi connectivity index (χ2v) is 5.58. The van der Waals surface area contributed by atoms with Crippen molar-refractivity contribution < 1.29 is 9.53 Å². The summed E-state index contributed by atoms with van der Waals surface area (Å²) in [6.45, 7) is 2.13. The molecule has 0 unspecified atom stereocenters. The van der Waals surface area contributed by atoms with Crippen LogP contribution in [0.2, 0.25) is 0 Å². The number of hydrogen-bond acceptors (Lipinski definition) is 2. The third-order valence-electron chi connectivity index (χ3n) is 3.92. The topological polar surface area (TPSA) is 26.3 Å². The van der Waals surface area contributed by atoms with Gasteiger partial charge in [0.05, 0.1) is 0 Å². The van der Waals surface area contributed by atoms with Crippen LogP contribution in [0.15, 0.2) is 54.6 Å². The normalized spacial score (nSPS) is 11.0. The molecule has 0 saturated heterocycles. The van der Waals surface area contributed by atoms with E-state index in [1.807, 2.05) is 36.4 Å². The first-order valence-corrected chi connectivity index (χ1v) is 7.91. The molecule has 22 heavy (non-hydrogen) atoms. The molecule has 0 N–H and O–H groups in total. The smallest absolute Gasteiger partial charge is 0.311 e. The van der Waals surface area contributed by atoms with E-state index in [2.05, 4.69) is 25.1 Å². The minimum atomic E-state index is -0.144. The average molecular weight is 292 g/mol. The second-order valence-electron chi connectivity index (χ2n) is 5.58. The Kier molecular flexibility index (Phi) is 4.38. The third kappa shape index (κ3) is 2.96. The van der Waals surface area contributed by atoms with Crippen molar-refractivity contribution in [2.45, 2.75) is 32.6 Å². The van der Waals surface area contributed by atoms with E-state index in [0.29, 0.717) is 12.2 Å². The highest BCUT2D eigenvalue weighted by atomic mass is 16.5. The van der Waals surface area contributed by atoms with E-state index in [0.717, 1.165) is 40.8 Å². The second kappa shape index (κ2) is 6.61. The molecule has 0 aliphatic carbocycles. The van der Waals surface area contributed by atoms with Gasteiger partial charge in [-0.15, -0.1) is 0 Å². The molecule has 3 aromatic rings. The Bertz CT molecular complexity index is 751. The predicted octanol–water partition coefficient (Wildman–Crippen LogP) is 5.48. The number of carbonyl (C=O) groups is 1. The number of fused-ring (bicyclic) bond motifs is 2. The fourth-order valence-corrected chi connectivity index (χ4v) is 2.77. The maximum Gasteiger partial charge on any atom is 0.311 e. The number of unbranched alkanes of at least 4 members (excludes halogenated alkanes) is 2. The zero-order chi connectivity index (χ0) is 15.4. The number of benzene rings is 3. The van der Waals surface area contributed by atoms with Crippen LogP contribution in [0.3, 0.4) is 0 Å². The lowest BCUT2D eigenvalue weighted by Crippen LogP contribution is -2.08. The molecule has 0 heterocycles. The third-order valence-corrected chi connectivity index (χ3v) is 3.92. The average Bonchev–Trinajstić information content (AvgIpc) is 2.55. The first-order chi connectivity index (χ1) is 10.8. The summed E-state index contributed by atoms with van der Waals surface area (Å²) >= 11 is 0. The van der Waals surface area contributed by atoms with Gasteiger partial charge in [0.15, 0.2) is 0 Å². The fraction of sp³-hybridized carbons (Fsp3) is 0.250. The molecule has 0 radical (unpaired) electrons. The zero-order valence-corrected chi connectivity index (χ0v) is 12.8. The van der Waals surface area contributed by atoms with Crippen LogP contribution >= 0.6 is 0 Å². The summed E-state index contributed by atoms with van der Waals surface area (Å²) in [6.07, 6.45) is 3.53. The van der Waals surface area contributed by atoms with Crippen LogP contribution in [0.4, 0.5) is 0 Å². The molecule has 0 atom stereocenters. The summed E-state index contributed by atoms with van der Waals surface area (Å²) in [5.41, 5.74) is 0. The molecule has 0 amide bonds. The van der Waals surface area contributed by atoms with Gasteiger partial charge in [0, 0.05) is 17.2 Å². The molecular weight excluding hydrogens is 272 g/mol. The van der Waals surface area contributed by atoms with E-state index < -0.39 is 0 Å². The number of hydrogen-bond donors (Lipinski definition) is 0. The highest BCUT2D eigenvalue weighted by Gasteiger charge is 2.12. The van der Waals surface area contributed by atoms with Gasteiger partial charge in [-0.3, -0.25) is 4.79 Å². The highest BCUT2D eigenvalue weighted by molar-refractivity contribution is 6.06. The van der Waals surface area contributed by atoms with Crippen molar-refractivity contribution in [2.75, 3.05) is 0 Å². The van der Waals surface area contributed by atoms with Crippen molar-refractivity contribution in [3.63, 3.8) is 0 Å². The zero-order valence-electron chi connectivity index (χ0n) is 12.8. The van der Waals surface area contributed by atoms with Crippen molar-refractivity contribution in [3.05, 3.63) is 54.6 Å². The molecule has 2 heteroatoms. The minimum absolute atomic E-state index is 0.144. The Balaban J connectivity index is 2.02. The molecule has 3 rings (SSSR count). The van der Waals surface area contributed by atoms with E-state index in [9.17, 15) is 4.79 Å². The standard InChI is InChI=1S/C20H20O2/c1-2-3-4-13-19(21)22-20-17-11-7-5-9-15(17)14-16-10-6-8-12-18(16)20/h5-12,14H,2-4,13H2,1H3. The molecule has 112 valence electrons. The van der Waals surface area contributed by atoms with Crippen molar-refractivity contribution in [2.24, 2.45) is 0 Å². The maximum atomic E-state index is 12.2. The quantitative estimate of drug-likeness (QED) is 0.269. The summed E-state index contributed by atoms with van der Waals surface area (Å²) in [7, 11) is 0. The number of esters is 1. The molecule has 0 bridgehead atoms. The van der Waals surface area contributed by atoms with Crippen LogP contribution in [0.25, 0.3) is 21.5 Å². The molecular formula is C20H20O2. The lowest BCUT2D eigenvalue weighted by molar-refractivity contribution is -0.134. The van der Waals surface area contributed by atoms with Gasteiger partial charge in [-0.1, -0.05) is 68.3 Å². The van der Waals surface area contributed by atoms with Crippen LogP contribution in [0.5, 0.6) is 5.75 Å². The van der Waals surface area contributed by atoms with Gasteiger partial charge in [-0.25, -0.2) is 0 Å². The van der Waals surface area contributed by atoms with E-state index in [-0.39, 0.29) is 5.97 Å². The Morgan fingerprint density at radius 3 is 2.09 bits per heavy atom. The van der Waals surface area contributed by atoms with E-state index in [1.165, 1.54) is 0 Å². The van der Waals surface area contributed by atoms with Crippen molar-refractivity contribution in [1.29, 1.82) is 0 Å². The number of carbonyl (C=O) groups excluding carboxylic acids is 1. The molecule has 0 fully saturated rings. The van der Waals surface area contributed by atoms with Crippen LogP contribution in [0.1, 0.15) is 32.6 Å². The van der Waals surface area contributed by atoms with Crippen LogP contribution in [0, 0.1) is 0 Å². The van der Waals surface area contributed by atoms with Gasteiger partial charge in [0.2, 0.25) is 0 Å². The SMILES string of the molecule is CCCCCC(=O)Oc1c2ccccc2cc2ccccc12. The van der Waals surface area contributed by atoms with Gasteiger partial charge in [0.1, 0.15) is 5.75 Å². The summed E-state index contributed by atoms with van der Waals surface area (Å²) in [4.78, 5) is 12.2. The van der Waals surface area contributed by atoms with Gasteiger partial charge >= 0.3 is 5.97 Å². The van der Waals surface area contributed by atoms with Gasteiger partial charge in [-0.05, 0) is 23.3 Å². The first-order valence-electron chi connectivity index (χ1n) is 7.91. The van der Waals surface area contributed by atoms with Crippen molar-refractivity contribution in [1.82, 2.24) is 0 Å². The van der Waals surface area contributed by atoms with Crippen LogP contribution in [-0.2, 0) is 4.79 Å². The molecule has 0 saturated carbocycles. The number of rotatable bonds is 5. The maximum absolute atomic E-state index is 12.2. The highest BCUT2D eigenvalue weighted by Crippen LogP contribution is 2.35. The fourth-order valence-electron chi connectivity index (χ4n) is 2.77. The summed E-state index contributed by atoms with van der Waals surface area (Å²) in [6, 6.07) is 18.2. The van der Waals surface area contributed by atoms with Gasteiger partial charge in [-0.2, -0.15) is 0 Å². The lowest BCUT2D eigenvalue weighted by Gasteiger charge is -2.11. The Labute approximate surface area is 130 Å². The summed E-state index contributed by atoms with van der Waals surface area (Å²) < 4.78 is 5.75. The Hall–Kier alpha value is -2.35. The lowest BCUT2D eigenvalue weighted by atomic mass is 10.0. The van der Waals surface area contributed by atoms with E-state index >= 15 is 0 Å². The Morgan fingerprint density at radius 2 is 1.50 bits per heavy atom. The van der Waals surface area contributed by atoms with E-state index in [1.54, 1.807) is 0 Å². The minimum Gasteiger partial charge on any atom is -0.425 e. The van der Waals surface area contributed by atoms with Crippen LogP contribution < -0.4 is 4.74 Å². The predicted molar refractivity (Wildman–Crippen MR) is 91.2 cm³/mol.